The minimum Gasteiger partial charge on any atom is -0.481 e. The van der Waals surface area contributed by atoms with Crippen molar-refractivity contribution < 1.29 is 15.0 Å². The van der Waals surface area contributed by atoms with Gasteiger partial charge in [-0.25, -0.2) is 4.98 Å². The Labute approximate surface area is 152 Å². The monoisotopic (exact) mass is 362 g/mol. The van der Waals surface area contributed by atoms with Gasteiger partial charge in [0.05, 0.1) is 28.9 Å². The number of hydrogen-bond acceptors (Lipinski definition) is 4. The van der Waals surface area contributed by atoms with Crippen LogP contribution in [0.25, 0.3) is 11.0 Å². The Kier molecular flexibility index (Phi) is 4.86. The van der Waals surface area contributed by atoms with Crippen LogP contribution < -0.4 is 0 Å². The van der Waals surface area contributed by atoms with Crippen LogP contribution in [0.5, 0.6) is 0 Å². The number of aliphatic hydroxyl groups is 1. The van der Waals surface area contributed by atoms with E-state index in [1.54, 1.807) is 0 Å². The van der Waals surface area contributed by atoms with E-state index in [1.165, 1.54) is 11.8 Å². The number of aromatic nitrogens is 2. The average molecular weight is 362 g/mol. The zero-order chi connectivity index (χ0) is 18.2. The van der Waals surface area contributed by atoms with E-state index in [-0.39, 0.29) is 11.2 Å². The molecule has 0 amide bonds. The summed E-state index contributed by atoms with van der Waals surface area (Å²) in [5, 5.41) is 19.8. The second-order valence-electron chi connectivity index (χ2n) is 8.04. The Balaban J connectivity index is 2.01. The van der Waals surface area contributed by atoms with Crippen molar-refractivity contribution in [3.63, 3.8) is 0 Å². The summed E-state index contributed by atoms with van der Waals surface area (Å²) in [6.07, 6.45) is 3.82. The van der Waals surface area contributed by atoms with Crippen molar-refractivity contribution in [2.45, 2.75) is 68.9 Å². The van der Waals surface area contributed by atoms with Gasteiger partial charge in [-0.1, -0.05) is 33.6 Å². The standard InChI is InChI=1S/C19H26N2O3S/c1-18(2,3)17-20-14-10-13(25-11-16(22)23)6-7-15(14)21(17)12-19(24)8-4-5-9-19/h6-7,10,24H,4-5,8-9,11-12H2,1-3H3,(H,22,23). The first-order valence-electron chi connectivity index (χ1n) is 8.76. The van der Waals surface area contributed by atoms with E-state index in [0.29, 0.717) is 6.54 Å². The average Bonchev–Trinajstić information content (AvgIpc) is 3.09. The molecule has 0 bridgehead atoms. The molecule has 2 aromatic rings. The fraction of sp³-hybridized carbons (Fsp3) is 0.579. The highest BCUT2D eigenvalue weighted by atomic mass is 32.2. The van der Waals surface area contributed by atoms with Gasteiger partial charge >= 0.3 is 5.97 Å². The normalized spacial score (nSPS) is 17.3. The van der Waals surface area contributed by atoms with Gasteiger partial charge in [-0.05, 0) is 31.0 Å². The minimum absolute atomic E-state index is 0.0398. The Hall–Kier alpha value is -1.53. The molecule has 1 fully saturated rings. The molecule has 1 aromatic carbocycles. The fourth-order valence-electron chi connectivity index (χ4n) is 3.56. The molecular weight excluding hydrogens is 336 g/mol. The van der Waals surface area contributed by atoms with Crippen molar-refractivity contribution >= 4 is 28.8 Å². The number of thioether (sulfide) groups is 1. The highest BCUT2D eigenvalue weighted by Crippen LogP contribution is 2.35. The van der Waals surface area contributed by atoms with Crippen molar-refractivity contribution in [3.8, 4) is 0 Å². The summed E-state index contributed by atoms with van der Waals surface area (Å²) >= 11 is 1.30. The highest BCUT2D eigenvalue weighted by molar-refractivity contribution is 8.00. The number of hydrogen-bond donors (Lipinski definition) is 2. The molecule has 0 unspecified atom stereocenters. The van der Waals surface area contributed by atoms with Gasteiger partial charge in [0.1, 0.15) is 5.82 Å². The summed E-state index contributed by atoms with van der Waals surface area (Å²) in [5.41, 5.74) is 1.08. The van der Waals surface area contributed by atoms with E-state index in [0.717, 1.165) is 47.4 Å². The molecule has 1 saturated carbocycles. The number of fused-ring (bicyclic) bond motifs is 1. The van der Waals surface area contributed by atoms with Crippen molar-refractivity contribution in [2.75, 3.05) is 5.75 Å². The van der Waals surface area contributed by atoms with E-state index >= 15 is 0 Å². The molecule has 2 N–H and O–H groups in total. The molecule has 5 nitrogen and oxygen atoms in total. The van der Waals surface area contributed by atoms with Crippen molar-refractivity contribution in [1.29, 1.82) is 0 Å². The predicted molar refractivity (Wildman–Crippen MR) is 100 cm³/mol. The number of carboxylic acid groups (broad SMARTS) is 1. The lowest BCUT2D eigenvalue weighted by Crippen LogP contribution is -2.33. The molecular formula is C19H26N2O3S. The van der Waals surface area contributed by atoms with E-state index in [9.17, 15) is 9.90 Å². The largest absolute Gasteiger partial charge is 0.481 e. The number of aliphatic carboxylic acids is 1. The zero-order valence-corrected chi connectivity index (χ0v) is 15.9. The lowest BCUT2D eigenvalue weighted by Gasteiger charge is -2.27. The summed E-state index contributed by atoms with van der Waals surface area (Å²) < 4.78 is 2.16. The second-order valence-corrected chi connectivity index (χ2v) is 9.08. The number of imidazole rings is 1. The molecule has 6 heteroatoms. The molecule has 25 heavy (non-hydrogen) atoms. The lowest BCUT2D eigenvalue weighted by molar-refractivity contribution is -0.133. The van der Waals surface area contributed by atoms with Gasteiger partial charge in [-0.2, -0.15) is 0 Å². The molecule has 136 valence electrons. The topological polar surface area (TPSA) is 75.3 Å². The van der Waals surface area contributed by atoms with E-state index in [4.69, 9.17) is 10.1 Å². The third-order valence-corrected chi connectivity index (χ3v) is 5.72. The van der Waals surface area contributed by atoms with Crippen LogP contribution in [0.2, 0.25) is 0 Å². The Morgan fingerprint density at radius 1 is 1.32 bits per heavy atom. The van der Waals surface area contributed by atoms with Crippen LogP contribution in [-0.2, 0) is 16.8 Å². The molecule has 1 aliphatic carbocycles. The van der Waals surface area contributed by atoms with Crippen LogP contribution in [0.15, 0.2) is 23.1 Å². The van der Waals surface area contributed by atoms with Crippen LogP contribution >= 0.6 is 11.8 Å². The van der Waals surface area contributed by atoms with Gasteiger partial charge in [0, 0.05) is 10.3 Å². The van der Waals surface area contributed by atoms with Crippen LogP contribution in [-0.4, -0.2) is 37.1 Å². The van der Waals surface area contributed by atoms with E-state index in [2.05, 4.69) is 25.3 Å². The molecule has 0 atom stereocenters. The smallest absolute Gasteiger partial charge is 0.313 e. The van der Waals surface area contributed by atoms with Gasteiger partial charge in [-0.15, -0.1) is 11.8 Å². The molecule has 1 aliphatic rings. The first kappa shape index (κ1) is 18.3. The molecule has 0 radical (unpaired) electrons. The maximum absolute atomic E-state index is 10.9. The highest BCUT2D eigenvalue weighted by Gasteiger charge is 2.34. The lowest BCUT2D eigenvalue weighted by atomic mass is 9.94. The molecule has 3 rings (SSSR count). The van der Waals surface area contributed by atoms with Crippen molar-refractivity contribution in [1.82, 2.24) is 9.55 Å². The molecule has 0 saturated heterocycles. The SMILES string of the molecule is CC(C)(C)c1nc2cc(SCC(=O)O)ccc2n1CC1(O)CCCC1. The number of carbonyl (C=O) groups is 1. The maximum Gasteiger partial charge on any atom is 0.313 e. The molecule has 0 aliphatic heterocycles. The summed E-state index contributed by atoms with van der Waals surface area (Å²) in [6, 6.07) is 5.90. The first-order valence-corrected chi connectivity index (χ1v) is 9.74. The van der Waals surface area contributed by atoms with Gasteiger partial charge in [0.25, 0.3) is 0 Å². The molecule has 0 spiro atoms. The summed E-state index contributed by atoms with van der Waals surface area (Å²) in [7, 11) is 0. The Bertz CT molecular complexity index is 786. The summed E-state index contributed by atoms with van der Waals surface area (Å²) in [4.78, 5) is 16.5. The fourth-order valence-corrected chi connectivity index (χ4v) is 4.21. The van der Waals surface area contributed by atoms with Gasteiger partial charge in [-0.3, -0.25) is 4.79 Å². The maximum atomic E-state index is 10.9. The Morgan fingerprint density at radius 3 is 2.60 bits per heavy atom. The van der Waals surface area contributed by atoms with E-state index < -0.39 is 11.6 Å². The van der Waals surface area contributed by atoms with Crippen LogP contribution in [0.4, 0.5) is 0 Å². The minimum atomic E-state index is -0.825. The van der Waals surface area contributed by atoms with Crippen molar-refractivity contribution in [2.24, 2.45) is 0 Å². The molecule has 1 aromatic heterocycles. The number of nitrogens with zero attached hydrogens (tertiary/aromatic N) is 2. The second kappa shape index (κ2) is 6.65. The summed E-state index contributed by atoms with van der Waals surface area (Å²) in [5.74, 6) is 0.177. The first-order chi connectivity index (χ1) is 11.7. The van der Waals surface area contributed by atoms with Gasteiger partial charge in [0.2, 0.25) is 0 Å². The number of benzene rings is 1. The Morgan fingerprint density at radius 2 is 2.00 bits per heavy atom. The number of carboxylic acids is 1. The predicted octanol–water partition coefficient (Wildman–Crippen LogP) is 3.82. The van der Waals surface area contributed by atoms with Gasteiger partial charge in [0.15, 0.2) is 0 Å². The van der Waals surface area contributed by atoms with Gasteiger partial charge < -0.3 is 14.8 Å². The third kappa shape index (κ3) is 4.01. The molecule has 1 heterocycles. The zero-order valence-electron chi connectivity index (χ0n) is 15.1. The van der Waals surface area contributed by atoms with Crippen molar-refractivity contribution in [3.05, 3.63) is 24.0 Å². The van der Waals surface area contributed by atoms with Crippen LogP contribution in [0, 0.1) is 0 Å². The quantitative estimate of drug-likeness (QED) is 0.791. The number of rotatable bonds is 5. The van der Waals surface area contributed by atoms with E-state index in [1.807, 2.05) is 18.2 Å². The van der Waals surface area contributed by atoms with Crippen LogP contribution in [0.1, 0.15) is 52.3 Å². The van der Waals surface area contributed by atoms with Crippen LogP contribution in [0.3, 0.4) is 0 Å². The third-order valence-electron chi connectivity index (χ3n) is 4.74. The summed E-state index contributed by atoms with van der Waals surface area (Å²) in [6.45, 7) is 6.95.